The quantitative estimate of drug-likeness (QED) is 0.886. The lowest BCUT2D eigenvalue weighted by molar-refractivity contribution is -0.121. The molecular formula is C19H23N3O2. The molecule has 0 radical (unpaired) electrons. The summed E-state index contributed by atoms with van der Waals surface area (Å²) in [5.74, 6) is 0.0792. The molecule has 1 saturated heterocycles. The van der Waals surface area contributed by atoms with Gasteiger partial charge in [-0.25, -0.2) is 0 Å². The van der Waals surface area contributed by atoms with E-state index in [0.29, 0.717) is 0 Å². The minimum atomic E-state index is 0.00735. The zero-order valence-corrected chi connectivity index (χ0v) is 13.7. The first-order valence-electron chi connectivity index (χ1n) is 8.36. The number of pyridine rings is 1. The number of carbonyl (C=O) groups excluding carboxylic acids is 1. The number of carbonyl (C=O) groups is 1. The Kier molecular flexibility index (Phi) is 5.56. The van der Waals surface area contributed by atoms with Crippen LogP contribution in [0, 0.1) is 5.92 Å². The van der Waals surface area contributed by atoms with Gasteiger partial charge in [0.05, 0.1) is 12.5 Å². The second-order valence-electron chi connectivity index (χ2n) is 6.28. The van der Waals surface area contributed by atoms with Crippen LogP contribution in [0.25, 0.3) is 0 Å². The van der Waals surface area contributed by atoms with E-state index in [0.717, 1.165) is 43.7 Å². The Morgan fingerprint density at radius 2 is 2.08 bits per heavy atom. The van der Waals surface area contributed by atoms with Crippen LogP contribution in [0.5, 0.6) is 0 Å². The summed E-state index contributed by atoms with van der Waals surface area (Å²) < 4.78 is 0. The molecule has 1 amide bonds. The van der Waals surface area contributed by atoms with Gasteiger partial charge in [-0.15, -0.1) is 0 Å². The molecule has 24 heavy (non-hydrogen) atoms. The molecule has 2 heterocycles. The molecule has 1 aromatic heterocycles. The van der Waals surface area contributed by atoms with Crippen LogP contribution < -0.4 is 5.32 Å². The average molecular weight is 325 g/mol. The molecule has 5 nitrogen and oxygen atoms in total. The van der Waals surface area contributed by atoms with Gasteiger partial charge in [-0.2, -0.15) is 0 Å². The summed E-state index contributed by atoms with van der Waals surface area (Å²) in [6.07, 6.45) is 5.61. The lowest BCUT2D eigenvalue weighted by Crippen LogP contribution is -2.40. The Hall–Kier alpha value is -2.24. The molecule has 0 bridgehead atoms. The predicted octanol–water partition coefficient (Wildman–Crippen LogP) is 2.42. The predicted molar refractivity (Wildman–Crippen MR) is 93.2 cm³/mol. The number of aromatic nitrogens is 1. The zero-order valence-electron chi connectivity index (χ0n) is 13.7. The number of nitrogens with one attached hydrogen (secondary N) is 1. The molecule has 1 aliphatic rings. The average Bonchev–Trinajstić information content (AvgIpc) is 2.63. The van der Waals surface area contributed by atoms with Gasteiger partial charge in [0.15, 0.2) is 0 Å². The Morgan fingerprint density at radius 3 is 2.79 bits per heavy atom. The number of likely N-dealkylation sites (tertiary alicyclic amines) is 1. The molecule has 0 aliphatic carbocycles. The van der Waals surface area contributed by atoms with E-state index in [2.05, 4.69) is 21.3 Å². The molecule has 0 spiro atoms. The van der Waals surface area contributed by atoms with Crippen molar-refractivity contribution in [3.8, 4) is 0 Å². The molecule has 126 valence electrons. The zero-order chi connectivity index (χ0) is 16.8. The topological polar surface area (TPSA) is 65.5 Å². The lowest BCUT2D eigenvalue weighted by Gasteiger charge is -2.31. The van der Waals surface area contributed by atoms with Crippen molar-refractivity contribution in [2.24, 2.45) is 5.92 Å². The number of nitrogens with zero attached hydrogens (tertiary/aromatic N) is 2. The standard InChI is InChI=1S/C19H23N3O2/c23-14-15-5-7-18(8-6-15)21-19(24)17-4-2-10-22(13-17)12-16-3-1-9-20-11-16/h1,3,5-9,11,17,23H,2,4,10,12-14H2,(H,21,24). The highest BCUT2D eigenvalue weighted by Gasteiger charge is 2.25. The number of piperidine rings is 1. The maximum atomic E-state index is 12.5. The number of aliphatic hydroxyl groups excluding tert-OH is 1. The summed E-state index contributed by atoms with van der Waals surface area (Å²) in [5.41, 5.74) is 2.80. The third kappa shape index (κ3) is 4.40. The second-order valence-corrected chi connectivity index (χ2v) is 6.28. The summed E-state index contributed by atoms with van der Waals surface area (Å²) in [4.78, 5) is 19.0. The van der Waals surface area contributed by atoms with E-state index in [1.165, 1.54) is 5.56 Å². The maximum Gasteiger partial charge on any atom is 0.228 e. The van der Waals surface area contributed by atoms with Crippen LogP contribution >= 0.6 is 0 Å². The molecule has 1 unspecified atom stereocenters. The summed E-state index contributed by atoms with van der Waals surface area (Å²) in [6, 6.07) is 11.3. The van der Waals surface area contributed by atoms with E-state index in [4.69, 9.17) is 5.11 Å². The van der Waals surface area contributed by atoms with E-state index in [1.54, 1.807) is 6.20 Å². The van der Waals surface area contributed by atoms with Crippen molar-refractivity contribution in [2.75, 3.05) is 18.4 Å². The Bertz CT molecular complexity index is 658. The SMILES string of the molecule is O=C(Nc1ccc(CO)cc1)C1CCCN(Cc2cccnc2)C1. The fraction of sp³-hybridized carbons (Fsp3) is 0.368. The van der Waals surface area contributed by atoms with Crippen molar-refractivity contribution >= 4 is 11.6 Å². The monoisotopic (exact) mass is 325 g/mol. The lowest BCUT2D eigenvalue weighted by atomic mass is 9.96. The van der Waals surface area contributed by atoms with Gasteiger partial charge in [0.2, 0.25) is 5.91 Å². The van der Waals surface area contributed by atoms with Crippen LogP contribution in [-0.2, 0) is 17.9 Å². The smallest absolute Gasteiger partial charge is 0.228 e. The van der Waals surface area contributed by atoms with Crippen LogP contribution in [0.1, 0.15) is 24.0 Å². The normalized spacial score (nSPS) is 18.3. The number of benzene rings is 1. The molecule has 2 aromatic rings. The number of hydrogen-bond acceptors (Lipinski definition) is 4. The highest BCUT2D eigenvalue weighted by molar-refractivity contribution is 5.92. The van der Waals surface area contributed by atoms with Gasteiger partial charge in [-0.05, 0) is 48.7 Å². The molecule has 2 N–H and O–H groups in total. The van der Waals surface area contributed by atoms with E-state index in [9.17, 15) is 4.79 Å². The van der Waals surface area contributed by atoms with E-state index in [-0.39, 0.29) is 18.4 Å². The fourth-order valence-electron chi connectivity index (χ4n) is 3.10. The summed E-state index contributed by atoms with van der Waals surface area (Å²) in [6.45, 7) is 2.64. The first-order valence-corrected chi connectivity index (χ1v) is 8.36. The second kappa shape index (κ2) is 8.04. The number of aliphatic hydroxyl groups is 1. The molecule has 1 atom stereocenters. The fourth-order valence-corrected chi connectivity index (χ4v) is 3.10. The minimum absolute atomic E-state index is 0.00735. The van der Waals surface area contributed by atoms with Gasteiger partial charge in [-0.3, -0.25) is 14.7 Å². The molecule has 5 heteroatoms. The summed E-state index contributed by atoms with van der Waals surface area (Å²) in [7, 11) is 0. The number of rotatable bonds is 5. The minimum Gasteiger partial charge on any atom is -0.392 e. The Balaban J connectivity index is 1.56. The van der Waals surface area contributed by atoms with Crippen LogP contribution in [-0.4, -0.2) is 34.0 Å². The van der Waals surface area contributed by atoms with Crippen LogP contribution in [0.3, 0.4) is 0 Å². The third-order valence-corrected chi connectivity index (χ3v) is 4.41. The molecular weight excluding hydrogens is 302 g/mol. The third-order valence-electron chi connectivity index (χ3n) is 4.41. The van der Waals surface area contributed by atoms with Gasteiger partial charge >= 0.3 is 0 Å². The van der Waals surface area contributed by atoms with E-state index >= 15 is 0 Å². The van der Waals surface area contributed by atoms with Crippen LogP contribution in [0.2, 0.25) is 0 Å². The number of anilines is 1. The highest BCUT2D eigenvalue weighted by atomic mass is 16.3. The van der Waals surface area contributed by atoms with Gasteiger partial charge < -0.3 is 10.4 Å². The van der Waals surface area contributed by atoms with Crippen LogP contribution in [0.15, 0.2) is 48.8 Å². The summed E-state index contributed by atoms with van der Waals surface area (Å²) in [5, 5.41) is 12.1. The van der Waals surface area contributed by atoms with Crippen molar-refractivity contribution in [1.82, 2.24) is 9.88 Å². The van der Waals surface area contributed by atoms with Crippen molar-refractivity contribution in [2.45, 2.75) is 26.0 Å². The molecule has 1 aliphatic heterocycles. The van der Waals surface area contributed by atoms with Gasteiger partial charge in [0.1, 0.15) is 0 Å². The number of amides is 1. The Labute approximate surface area is 142 Å². The summed E-state index contributed by atoms with van der Waals surface area (Å²) >= 11 is 0. The van der Waals surface area contributed by atoms with Crippen LogP contribution in [0.4, 0.5) is 5.69 Å². The van der Waals surface area contributed by atoms with Crippen molar-refractivity contribution < 1.29 is 9.90 Å². The Morgan fingerprint density at radius 1 is 1.25 bits per heavy atom. The first kappa shape index (κ1) is 16.6. The molecule has 3 rings (SSSR count). The van der Waals surface area contributed by atoms with Crippen molar-refractivity contribution in [3.63, 3.8) is 0 Å². The molecule has 1 fully saturated rings. The van der Waals surface area contributed by atoms with Gasteiger partial charge in [0.25, 0.3) is 0 Å². The largest absolute Gasteiger partial charge is 0.392 e. The van der Waals surface area contributed by atoms with Gasteiger partial charge in [0, 0.05) is 31.2 Å². The molecule has 1 aromatic carbocycles. The van der Waals surface area contributed by atoms with Crippen molar-refractivity contribution in [3.05, 3.63) is 59.9 Å². The number of hydrogen-bond donors (Lipinski definition) is 2. The van der Waals surface area contributed by atoms with E-state index in [1.807, 2.05) is 36.5 Å². The molecule has 0 saturated carbocycles. The maximum absolute atomic E-state index is 12.5. The van der Waals surface area contributed by atoms with Crippen molar-refractivity contribution in [1.29, 1.82) is 0 Å². The highest BCUT2D eigenvalue weighted by Crippen LogP contribution is 2.20. The van der Waals surface area contributed by atoms with Gasteiger partial charge in [-0.1, -0.05) is 18.2 Å². The first-order chi connectivity index (χ1) is 11.7. The van der Waals surface area contributed by atoms with E-state index < -0.39 is 0 Å².